The molecule has 2 heterocycles. The van der Waals surface area contributed by atoms with Gasteiger partial charge in [-0.3, -0.25) is 9.69 Å². The highest BCUT2D eigenvalue weighted by atomic mass is 16.5. The Morgan fingerprint density at radius 2 is 2.13 bits per heavy atom. The molecule has 6 heteroatoms. The Kier molecular flexibility index (Phi) is 4.82. The van der Waals surface area contributed by atoms with Gasteiger partial charge in [-0.15, -0.1) is 0 Å². The summed E-state index contributed by atoms with van der Waals surface area (Å²) in [4.78, 5) is 15.9. The van der Waals surface area contributed by atoms with E-state index >= 15 is 0 Å². The minimum absolute atomic E-state index is 0.151. The first-order valence-corrected chi connectivity index (χ1v) is 7.74. The summed E-state index contributed by atoms with van der Waals surface area (Å²) >= 11 is 0. The van der Waals surface area contributed by atoms with Gasteiger partial charge in [-0.05, 0) is 18.2 Å². The lowest BCUT2D eigenvalue weighted by Crippen LogP contribution is -2.43. The van der Waals surface area contributed by atoms with E-state index in [1.807, 2.05) is 18.2 Å². The predicted octanol–water partition coefficient (Wildman–Crippen LogP) is 0.0528. The van der Waals surface area contributed by atoms with Gasteiger partial charge in [-0.1, -0.05) is 11.8 Å². The molecule has 0 unspecified atom stereocenters. The van der Waals surface area contributed by atoms with Crippen LogP contribution < -0.4 is 15.4 Å². The van der Waals surface area contributed by atoms with Crippen molar-refractivity contribution in [1.82, 2.24) is 4.90 Å². The number of ether oxygens (including phenoxy) is 2. The van der Waals surface area contributed by atoms with Crippen LogP contribution in [0.4, 0.5) is 5.69 Å². The summed E-state index contributed by atoms with van der Waals surface area (Å²) in [5.41, 5.74) is 7.36. The van der Waals surface area contributed by atoms with E-state index in [0.717, 1.165) is 38.4 Å². The number of amides is 1. The Morgan fingerprint density at radius 1 is 1.35 bits per heavy atom. The highest BCUT2D eigenvalue weighted by Gasteiger charge is 2.26. The number of carbonyl (C=O) groups excluding carboxylic acids is 1. The maximum atomic E-state index is 12.1. The number of fused-ring (bicyclic) bond motifs is 1. The van der Waals surface area contributed by atoms with E-state index in [9.17, 15) is 4.79 Å². The van der Waals surface area contributed by atoms with Crippen molar-refractivity contribution in [2.45, 2.75) is 6.04 Å². The van der Waals surface area contributed by atoms with Crippen LogP contribution in [-0.2, 0) is 9.53 Å². The van der Waals surface area contributed by atoms with Gasteiger partial charge in [0.05, 0.1) is 25.4 Å². The molecule has 0 spiro atoms. The monoisotopic (exact) mass is 315 g/mol. The molecule has 1 aromatic rings. The molecule has 1 atom stereocenters. The van der Waals surface area contributed by atoms with Gasteiger partial charge in [0.1, 0.15) is 18.4 Å². The Labute approximate surface area is 136 Å². The number of nitrogens with zero attached hydrogens (tertiary/aromatic N) is 2. The Morgan fingerprint density at radius 3 is 2.91 bits per heavy atom. The number of morpholine rings is 1. The molecule has 122 valence electrons. The van der Waals surface area contributed by atoms with Crippen molar-refractivity contribution in [2.24, 2.45) is 5.73 Å². The molecule has 1 saturated heterocycles. The van der Waals surface area contributed by atoms with Crippen LogP contribution in [0.3, 0.4) is 0 Å². The Balaban J connectivity index is 1.74. The van der Waals surface area contributed by atoms with Crippen molar-refractivity contribution >= 4 is 11.6 Å². The molecule has 0 bridgehead atoms. The zero-order valence-electron chi connectivity index (χ0n) is 13.2. The van der Waals surface area contributed by atoms with Crippen molar-refractivity contribution in [3.8, 4) is 17.6 Å². The average molecular weight is 315 g/mol. The van der Waals surface area contributed by atoms with Crippen LogP contribution >= 0.6 is 0 Å². The van der Waals surface area contributed by atoms with Crippen LogP contribution in [0.1, 0.15) is 5.56 Å². The van der Waals surface area contributed by atoms with Gasteiger partial charge in [0.2, 0.25) is 5.91 Å². The molecule has 0 aliphatic carbocycles. The third kappa shape index (κ3) is 3.64. The fraction of sp³-hybridized carbons (Fsp3) is 0.471. The van der Waals surface area contributed by atoms with Crippen LogP contribution in [0.15, 0.2) is 18.2 Å². The number of likely N-dealkylation sites (N-methyl/N-ethyl adjacent to an activating group) is 1. The molecule has 0 radical (unpaired) electrons. The van der Waals surface area contributed by atoms with Crippen molar-refractivity contribution < 1.29 is 14.3 Å². The molecule has 2 N–H and O–H groups in total. The third-order valence-corrected chi connectivity index (χ3v) is 4.03. The Bertz CT molecular complexity index is 644. The predicted molar refractivity (Wildman–Crippen MR) is 87.5 cm³/mol. The second-order valence-corrected chi connectivity index (χ2v) is 5.69. The van der Waals surface area contributed by atoms with Crippen molar-refractivity contribution in [3.05, 3.63) is 23.8 Å². The lowest BCUT2D eigenvalue weighted by molar-refractivity contribution is -0.119. The maximum absolute atomic E-state index is 12.1. The lowest BCUT2D eigenvalue weighted by Gasteiger charge is -2.24. The average Bonchev–Trinajstić information content (AvgIpc) is 2.69. The highest BCUT2D eigenvalue weighted by Crippen LogP contribution is 2.31. The molecular weight excluding hydrogens is 294 g/mol. The molecule has 23 heavy (non-hydrogen) atoms. The summed E-state index contributed by atoms with van der Waals surface area (Å²) in [6, 6.07) is 4.98. The highest BCUT2D eigenvalue weighted by molar-refractivity contribution is 5.98. The van der Waals surface area contributed by atoms with Crippen molar-refractivity contribution in [1.29, 1.82) is 0 Å². The van der Waals surface area contributed by atoms with Crippen LogP contribution in [-0.4, -0.2) is 63.4 Å². The van der Waals surface area contributed by atoms with Gasteiger partial charge in [0.15, 0.2) is 0 Å². The smallest absolute Gasteiger partial charge is 0.247 e. The summed E-state index contributed by atoms with van der Waals surface area (Å²) in [6.45, 7) is 4.29. The standard InChI is InChI=1S/C17H21N3O3/c1-19-15-11-13(3-2-6-20-7-9-22-10-8-20)4-5-16(15)23-12-14(18)17(19)21/h4-5,11,14H,6-10,12,18H2,1H3/t14-/m0/s1. The minimum Gasteiger partial charge on any atom is -0.489 e. The summed E-state index contributed by atoms with van der Waals surface area (Å²) < 4.78 is 10.9. The molecule has 0 saturated carbocycles. The maximum Gasteiger partial charge on any atom is 0.247 e. The molecule has 1 amide bonds. The summed E-state index contributed by atoms with van der Waals surface area (Å²) in [7, 11) is 1.71. The third-order valence-electron chi connectivity index (χ3n) is 4.03. The second kappa shape index (κ2) is 7.01. The van der Waals surface area contributed by atoms with E-state index in [-0.39, 0.29) is 12.5 Å². The SMILES string of the molecule is CN1C(=O)[C@@H](N)COc2ccc(C#CCN3CCOCC3)cc21. The van der Waals surface area contributed by atoms with E-state index in [1.54, 1.807) is 11.9 Å². The number of carbonyl (C=O) groups is 1. The van der Waals surface area contributed by atoms with Gasteiger partial charge < -0.3 is 20.1 Å². The molecular formula is C17H21N3O3. The fourth-order valence-corrected chi connectivity index (χ4v) is 2.61. The number of nitrogens with two attached hydrogens (primary N) is 1. The van der Waals surface area contributed by atoms with E-state index < -0.39 is 6.04 Å². The van der Waals surface area contributed by atoms with Crippen LogP contribution in [0.5, 0.6) is 5.75 Å². The van der Waals surface area contributed by atoms with Gasteiger partial charge in [0, 0.05) is 25.7 Å². The first-order chi connectivity index (χ1) is 11.1. The summed E-state index contributed by atoms with van der Waals surface area (Å²) in [5, 5.41) is 0. The molecule has 2 aliphatic rings. The van der Waals surface area contributed by atoms with Crippen LogP contribution in [0.2, 0.25) is 0 Å². The van der Waals surface area contributed by atoms with Crippen molar-refractivity contribution in [2.75, 3.05) is 51.4 Å². The van der Waals surface area contributed by atoms with E-state index in [2.05, 4.69) is 16.7 Å². The minimum atomic E-state index is -0.636. The fourth-order valence-electron chi connectivity index (χ4n) is 2.61. The molecule has 1 aromatic carbocycles. The second-order valence-electron chi connectivity index (χ2n) is 5.69. The molecule has 1 fully saturated rings. The number of hydrogen-bond donors (Lipinski definition) is 1. The van der Waals surface area contributed by atoms with Crippen molar-refractivity contribution in [3.63, 3.8) is 0 Å². The topological polar surface area (TPSA) is 68.0 Å². The van der Waals surface area contributed by atoms with Gasteiger partial charge in [-0.25, -0.2) is 0 Å². The van der Waals surface area contributed by atoms with Crippen LogP contribution in [0, 0.1) is 11.8 Å². The quantitative estimate of drug-likeness (QED) is 0.742. The summed E-state index contributed by atoms with van der Waals surface area (Å²) in [5.74, 6) is 6.84. The van der Waals surface area contributed by atoms with Gasteiger partial charge in [-0.2, -0.15) is 0 Å². The number of anilines is 1. The van der Waals surface area contributed by atoms with Gasteiger partial charge >= 0.3 is 0 Å². The summed E-state index contributed by atoms with van der Waals surface area (Å²) in [6.07, 6.45) is 0. The molecule has 2 aliphatic heterocycles. The van der Waals surface area contributed by atoms with E-state index in [1.165, 1.54) is 0 Å². The number of hydrogen-bond acceptors (Lipinski definition) is 5. The van der Waals surface area contributed by atoms with Crippen LogP contribution in [0.25, 0.3) is 0 Å². The van der Waals surface area contributed by atoms with Gasteiger partial charge in [0.25, 0.3) is 0 Å². The first-order valence-electron chi connectivity index (χ1n) is 7.74. The Hall–Kier alpha value is -2.07. The largest absolute Gasteiger partial charge is 0.489 e. The zero-order chi connectivity index (χ0) is 16.2. The van der Waals surface area contributed by atoms with E-state index in [4.69, 9.17) is 15.2 Å². The normalized spacial score (nSPS) is 21.7. The zero-order valence-corrected chi connectivity index (χ0v) is 13.2. The molecule has 0 aromatic heterocycles. The molecule has 3 rings (SSSR count). The molecule has 6 nitrogen and oxygen atoms in total. The van der Waals surface area contributed by atoms with E-state index in [0.29, 0.717) is 11.4 Å². The lowest BCUT2D eigenvalue weighted by atomic mass is 10.1. The number of rotatable bonds is 1. The first kappa shape index (κ1) is 15.8. The number of benzene rings is 1.